The number of carbonyl (C=O) groups is 2. The van der Waals surface area contributed by atoms with Gasteiger partial charge in [-0.05, 0) is 72.0 Å². The van der Waals surface area contributed by atoms with E-state index in [-0.39, 0.29) is 18.5 Å². The first-order valence-electron chi connectivity index (χ1n) is 16.8. The van der Waals surface area contributed by atoms with E-state index in [0.29, 0.717) is 43.0 Å². The molecule has 11 heteroatoms. The number of fused-ring (bicyclic) bond motifs is 1. The lowest BCUT2D eigenvalue weighted by atomic mass is 9.93. The summed E-state index contributed by atoms with van der Waals surface area (Å²) in [6, 6.07) is 19.3. The van der Waals surface area contributed by atoms with E-state index in [1.54, 1.807) is 30.3 Å². The zero-order valence-electron chi connectivity index (χ0n) is 28.1. The Kier molecular flexibility index (Phi) is 10.4. The van der Waals surface area contributed by atoms with Crippen LogP contribution in [0, 0.1) is 0 Å². The quantitative estimate of drug-likeness (QED) is 0.230. The predicted molar refractivity (Wildman–Crippen MR) is 189 cm³/mol. The second-order valence-corrected chi connectivity index (χ2v) is 12.6. The number of rotatable bonds is 9. The van der Waals surface area contributed by atoms with Crippen molar-refractivity contribution in [2.75, 3.05) is 20.1 Å². The number of hydrogen-bond acceptors (Lipinski definition) is 5. The fourth-order valence-corrected chi connectivity index (χ4v) is 6.45. The molecule has 3 aliphatic rings. The summed E-state index contributed by atoms with van der Waals surface area (Å²) in [5.74, 6) is 0.855. The molecule has 1 aromatic heterocycles. The number of nitrogens with zero attached hydrogens (tertiary/aromatic N) is 6. The number of allylic oxidation sites excluding steroid dienone is 2. The third-order valence-corrected chi connectivity index (χ3v) is 9.16. The molecule has 1 atom stereocenters. The molecule has 1 unspecified atom stereocenters. The van der Waals surface area contributed by atoms with Gasteiger partial charge in [0.25, 0.3) is 5.91 Å². The molecule has 0 aliphatic carbocycles. The lowest BCUT2D eigenvalue weighted by Crippen LogP contribution is -2.44. The monoisotopic (exact) mass is 680 g/mol. The summed E-state index contributed by atoms with van der Waals surface area (Å²) >= 11 is 0. The zero-order chi connectivity index (χ0) is 35.3. The van der Waals surface area contributed by atoms with Crippen LogP contribution in [0.5, 0.6) is 0 Å². The van der Waals surface area contributed by atoms with Crippen LogP contribution in [0.2, 0.25) is 0 Å². The standard InChI is InChI=1S/C39H39F3N6O2/c1-3-32-24-35(45-37-34(11-7-21-48(32)37)27-17-22-47(23-18-27)36(49)16-19-39(40,41)42)44-31-14-12-28(13-15-31)38(50)46(2)26-30-8-4-5-10-33(30)29-9-6-20-43-25-29/h4-15,17,20-21,25,32H,3,16,18-19,22-24,26H2,1-2H3. The molecule has 0 fully saturated rings. The van der Waals surface area contributed by atoms with Crippen molar-refractivity contribution < 1.29 is 22.8 Å². The number of alkyl halides is 3. The van der Waals surface area contributed by atoms with E-state index in [0.717, 1.165) is 40.1 Å². The van der Waals surface area contributed by atoms with Gasteiger partial charge in [-0.15, -0.1) is 0 Å². The minimum atomic E-state index is -4.35. The number of pyridine rings is 1. The minimum Gasteiger partial charge on any atom is -0.339 e. The van der Waals surface area contributed by atoms with Gasteiger partial charge in [-0.3, -0.25) is 14.6 Å². The van der Waals surface area contributed by atoms with Gasteiger partial charge in [0.15, 0.2) is 0 Å². The summed E-state index contributed by atoms with van der Waals surface area (Å²) in [5.41, 5.74) is 6.23. The van der Waals surface area contributed by atoms with Crippen molar-refractivity contribution in [3.63, 3.8) is 0 Å². The molecule has 2 amide bonds. The largest absolute Gasteiger partial charge is 0.389 e. The first-order valence-corrected chi connectivity index (χ1v) is 16.8. The number of aliphatic imine (C=N–C) groups is 2. The fraction of sp³-hybridized carbons (Fsp3) is 0.308. The zero-order valence-corrected chi connectivity index (χ0v) is 28.1. The van der Waals surface area contributed by atoms with Crippen molar-refractivity contribution >= 4 is 29.2 Å². The molecule has 3 aromatic rings. The van der Waals surface area contributed by atoms with Crippen LogP contribution in [0.25, 0.3) is 11.1 Å². The summed E-state index contributed by atoms with van der Waals surface area (Å²) < 4.78 is 37.9. The highest BCUT2D eigenvalue weighted by molar-refractivity contribution is 6.12. The molecular weight excluding hydrogens is 641 g/mol. The van der Waals surface area contributed by atoms with Crippen molar-refractivity contribution in [2.45, 2.75) is 57.8 Å². The Morgan fingerprint density at radius 2 is 1.86 bits per heavy atom. The molecule has 0 radical (unpaired) electrons. The molecule has 50 heavy (non-hydrogen) atoms. The van der Waals surface area contributed by atoms with Crippen molar-refractivity contribution in [3.8, 4) is 11.1 Å². The van der Waals surface area contributed by atoms with Gasteiger partial charge in [0.05, 0.1) is 12.1 Å². The van der Waals surface area contributed by atoms with Gasteiger partial charge in [-0.25, -0.2) is 9.98 Å². The second kappa shape index (κ2) is 15.1. The summed E-state index contributed by atoms with van der Waals surface area (Å²) in [6.07, 6.45) is 7.46. The molecule has 2 aromatic carbocycles. The Morgan fingerprint density at radius 1 is 1.06 bits per heavy atom. The Labute approximate surface area is 290 Å². The van der Waals surface area contributed by atoms with E-state index in [9.17, 15) is 22.8 Å². The lowest BCUT2D eigenvalue weighted by Gasteiger charge is -2.38. The molecule has 0 bridgehead atoms. The lowest BCUT2D eigenvalue weighted by molar-refractivity contribution is -0.148. The van der Waals surface area contributed by atoms with E-state index in [1.807, 2.05) is 79.2 Å². The number of hydrogen-bond donors (Lipinski definition) is 0. The van der Waals surface area contributed by atoms with Gasteiger partial charge in [0.2, 0.25) is 5.91 Å². The van der Waals surface area contributed by atoms with Crippen molar-refractivity contribution in [3.05, 3.63) is 120 Å². The highest BCUT2D eigenvalue weighted by atomic mass is 19.4. The van der Waals surface area contributed by atoms with Crippen molar-refractivity contribution in [2.24, 2.45) is 9.98 Å². The summed E-state index contributed by atoms with van der Waals surface area (Å²) in [5, 5.41) is 0. The number of amides is 2. The number of benzene rings is 2. The molecule has 0 saturated carbocycles. The second-order valence-electron chi connectivity index (χ2n) is 12.6. The van der Waals surface area contributed by atoms with Gasteiger partial charge in [-0.2, -0.15) is 13.2 Å². The molecule has 4 heterocycles. The van der Waals surface area contributed by atoms with Gasteiger partial charge in [0.1, 0.15) is 11.7 Å². The Balaban J connectivity index is 1.15. The van der Waals surface area contributed by atoms with Gasteiger partial charge < -0.3 is 14.7 Å². The van der Waals surface area contributed by atoms with Crippen LogP contribution in [0.4, 0.5) is 18.9 Å². The average Bonchev–Trinajstić information content (AvgIpc) is 3.13. The molecule has 258 valence electrons. The Hall–Kier alpha value is -5.32. The number of aromatic nitrogens is 1. The van der Waals surface area contributed by atoms with E-state index < -0.39 is 24.9 Å². The number of amidine groups is 2. The maximum Gasteiger partial charge on any atom is 0.389 e. The van der Waals surface area contributed by atoms with Crippen molar-refractivity contribution in [1.82, 2.24) is 19.7 Å². The van der Waals surface area contributed by atoms with Crippen LogP contribution in [-0.4, -0.2) is 75.5 Å². The first kappa shape index (κ1) is 34.5. The normalized spacial score (nSPS) is 18.3. The fourth-order valence-electron chi connectivity index (χ4n) is 6.45. The van der Waals surface area contributed by atoms with Gasteiger partial charge in [-0.1, -0.05) is 43.3 Å². The number of halogens is 3. The highest BCUT2D eigenvalue weighted by Gasteiger charge is 2.33. The smallest absolute Gasteiger partial charge is 0.339 e. The summed E-state index contributed by atoms with van der Waals surface area (Å²) in [6.45, 7) is 3.17. The molecule has 0 N–H and O–H groups in total. The maximum absolute atomic E-state index is 13.4. The van der Waals surface area contributed by atoms with Crippen molar-refractivity contribution in [1.29, 1.82) is 0 Å². The van der Waals surface area contributed by atoms with Crippen LogP contribution < -0.4 is 0 Å². The van der Waals surface area contributed by atoms with Crippen LogP contribution >= 0.6 is 0 Å². The van der Waals surface area contributed by atoms with Crippen LogP contribution in [-0.2, 0) is 11.3 Å². The van der Waals surface area contributed by atoms with E-state index in [4.69, 9.17) is 9.98 Å². The van der Waals surface area contributed by atoms with E-state index >= 15 is 0 Å². The van der Waals surface area contributed by atoms with Gasteiger partial charge in [0, 0.05) is 80.9 Å². The van der Waals surface area contributed by atoms with Crippen LogP contribution in [0.3, 0.4) is 0 Å². The molecule has 0 saturated heterocycles. The Bertz CT molecular complexity index is 1880. The Morgan fingerprint density at radius 3 is 2.56 bits per heavy atom. The summed E-state index contributed by atoms with van der Waals surface area (Å²) in [7, 11) is 1.79. The third kappa shape index (κ3) is 8.10. The molecule has 6 rings (SSSR count). The van der Waals surface area contributed by atoms with E-state index in [2.05, 4.69) is 16.8 Å². The maximum atomic E-state index is 13.4. The topological polar surface area (TPSA) is 81.5 Å². The summed E-state index contributed by atoms with van der Waals surface area (Å²) in [4.78, 5) is 45.2. The molecule has 8 nitrogen and oxygen atoms in total. The van der Waals surface area contributed by atoms with Gasteiger partial charge >= 0.3 is 6.18 Å². The van der Waals surface area contributed by atoms with Crippen LogP contribution in [0.15, 0.2) is 119 Å². The minimum absolute atomic E-state index is 0.102. The molecular formula is C39H39F3N6O2. The SMILES string of the molecule is CCC1CC(=Nc2ccc(C(=O)N(C)Cc3ccccc3-c3cccnc3)cc2)N=C2C(C3=CCN(C(=O)CCC(F)(F)F)CC3)=CC=CN21. The highest BCUT2D eigenvalue weighted by Crippen LogP contribution is 2.32. The molecule has 3 aliphatic heterocycles. The van der Waals surface area contributed by atoms with Crippen LogP contribution in [0.1, 0.15) is 54.9 Å². The molecule has 0 spiro atoms. The predicted octanol–water partition coefficient (Wildman–Crippen LogP) is 7.89. The number of carbonyl (C=O) groups excluding carboxylic acids is 2. The first-order chi connectivity index (χ1) is 24.1. The van der Waals surface area contributed by atoms with E-state index in [1.165, 1.54) is 4.90 Å². The average molecular weight is 681 g/mol. The third-order valence-electron chi connectivity index (χ3n) is 9.16.